The lowest BCUT2D eigenvalue weighted by molar-refractivity contribution is 0.0527. The summed E-state index contributed by atoms with van der Waals surface area (Å²) in [6.45, 7) is 3.33. The average molecular weight is 399 g/mol. The van der Waals surface area contributed by atoms with Gasteiger partial charge in [-0.3, -0.25) is 9.59 Å². The number of benzene rings is 1. The van der Waals surface area contributed by atoms with Gasteiger partial charge in [0.25, 0.3) is 11.8 Å². The van der Waals surface area contributed by atoms with Gasteiger partial charge in [-0.25, -0.2) is 9.18 Å². The largest absolute Gasteiger partial charge is 0.462 e. The zero-order valence-corrected chi connectivity index (χ0v) is 15.8. The molecule has 2 N–H and O–H groups in total. The second-order valence-corrected chi connectivity index (χ2v) is 6.60. The number of anilines is 1. The molecule has 1 aromatic heterocycles. The van der Waals surface area contributed by atoms with Gasteiger partial charge in [0.1, 0.15) is 10.8 Å². The number of ether oxygens (including phenoxy) is 1. The van der Waals surface area contributed by atoms with Gasteiger partial charge < -0.3 is 15.4 Å². The molecule has 0 atom stereocenters. The van der Waals surface area contributed by atoms with Crippen molar-refractivity contribution in [2.45, 2.75) is 13.8 Å². The summed E-state index contributed by atoms with van der Waals surface area (Å²) in [5.74, 6) is -2.64. The zero-order chi connectivity index (χ0) is 19.4. The Labute approximate surface area is 158 Å². The topological polar surface area (TPSA) is 84.5 Å². The third-order valence-corrected chi connectivity index (χ3v) is 4.90. The van der Waals surface area contributed by atoms with E-state index in [4.69, 9.17) is 16.3 Å². The first-order chi connectivity index (χ1) is 12.3. The predicted octanol–water partition coefficient (Wildman–Crippen LogP) is 3.64. The molecule has 9 heteroatoms. The number of carbonyl (C=O) groups excluding carboxylic acids is 3. The number of carbonyl (C=O) groups is 3. The maximum Gasteiger partial charge on any atom is 0.341 e. The molecule has 26 heavy (non-hydrogen) atoms. The fourth-order valence-electron chi connectivity index (χ4n) is 2.22. The lowest BCUT2D eigenvalue weighted by Crippen LogP contribution is -2.18. The molecule has 0 spiro atoms. The first kappa shape index (κ1) is 19.9. The molecule has 2 amide bonds. The standard InChI is InChI=1S/C17H16ClFN2O4S/c1-4-25-17(24)12-8(2)13(15(23)20-3)26-16(12)21-14(22)10-7-9(18)5-6-11(10)19/h5-7H,4H2,1-3H3,(H,20,23)(H,21,22). The summed E-state index contributed by atoms with van der Waals surface area (Å²) in [7, 11) is 1.45. The molecular formula is C17H16ClFN2O4S. The highest BCUT2D eigenvalue weighted by molar-refractivity contribution is 7.18. The van der Waals surface area contributed by atoms with Crippen molar-refractivity contribution in [3.63, 3.8) is 0 Å². The lowest BCUT2D eigenvalue weighted by Gasteiger charge is -2.08. The summed E-state index contributed by atoms with van der Waals surface area (Å²) in [5, 5.41) is 5.23. The Bertz CT molecular complexity index is 882. The van der Waals surface area contributed by atoms with E-state index in [1.54, 1.807) is 13.8 Å². The van der Waals surface area contributed by atoms with Gasteiger partial charge >= 0.3 is 5.97 Å². The molecule has 1 heterocycles. The SMILES string of the molecule is CCOC(=O)c1c(NC(=O)c2cc(Cl)ccc2F)sc(C(=O)NC)c1C. The Morgan fingerprint density at radius 2 is 1.96 bits per heavy atom. The van der Waals surface area contributed by atoms with E-state index in [2.05, 4.69) is 10.6 Å². The van der Waals surface area contributed by atoms with Crippen LogP contribution in [-0.4, -0.2) is 31.4 Å². The van der Waals surface area contributed by atoms with Crippen LogP contribution in [0.4, 0.5) is 9.39 Å². The van der Waals surface area contributed by atoms with Gasteiger partial charge in [-0.15, -0.1) is 11.3 Å². The van der Waals surface area contributed by atoms with Crippen molar-refractivity contribution < 1.29 is 23.5 Å². The third-order valence-electron chi connectivity index (χ3n) is 3.46. The summed E-state index contributed by atoms with van der Waals surface area (Å²) < 4.78 is 18.9. The molecule has 2 aromatic rings. The van der Waals surface area contributed by atoms with Crippen LogP contribution in [0, 0.1) is 12.7 Å². The predicted molar refractivity (Wildman–Crippen MR) is 97.8 cm³/mol. The van der Waals surface area contributed by atoms with Crippen LogP contribution in [0.5, 0.6) is 0 Å². The monoisotopic (exact) mass is 398 g/mol. The number of hydrogen-bond donors (Lipinski definition) is 2. The van der Waals surface area contributed by atoms with E-state index in [1.165, 1.54) is 19.2 Å². The second-order valence-electron chi connectivity index (χ2n) is 5.14. The van der Waals surface area contributed by atoms with E-state index in [-0.39, 0.29) is 32.6 Å². The highest BCUT2D eigenvalue weighted by Crippen LogP contribution is 2.34. The Balaban J connectivity index is 2.47. The van der Waals surface area contributed by atoms with E-state index in [9.17, 15) is 18.8 Å². The van der Waals surface area contributed by atoms with Crippen LogP contribution in [0.3, 0.4) is 0 Å². The summed E-state index contributed by atoms with van der Waals surface area (Å²) >= 11 is 6.71. The fourth-order valence-corrected chi connectivity index (χ4v) is 3.53. The number of thiophene rings is 1. The molecule has 6 nitrogen and oxygen atoms in total. The summed E-state index contributed by atoms with van der Waals surface area (Å²) in [5.41, 5.74) is 0.153. The number of amides is 2. The highest BCUT2D eigenvalue weighted by atomic mass is 35.5. The van der Waals surface area contributed by atoms with Crippen LogP contribution in [0.15, 0.2) is 18.2 Å². The minimum absolute atomic E-state index is 0.0613. The number of halogens is 2. The summed E-state index contributed by atoms with van der Waals surface area (Å²) in [4.78, 5) is 36.9. The number of hydrogen-bond acceptors (Lipinski definition) is 5. The van der Waals surface area contributed by atoms with E-state index in [0.29, 0.717) is 5.56 Å². The minimum Gasteiger partial charge on any atom is -0.462 e. The fraction of sp³-hybridized carbons (Fsp3) is 0.235. The molecule has 0 saturated heterocycles. The third kappa shape index (κ3) is 4.03. The van der Waals surface area contributed by atoms with E-state index in [1.807, 2.05) is 0 Å². The molecule has 0 radical (unpaired) electrons. The summed E-state index contributed by atoms with van der Waals surface area (Å²) in [6, 6.07) is 3.56. The van der Waals surface area contributed by atoms with Crippen LogP contribution in [0.1, 0.15) is 42.9 Å². The minimum atomic E-state index is -0.791. The van der Waals surface area contributed by atoms with Crippen LogP contribution < -0.4 is 10.6 Å². The smallest absolute Gasteiger partial charge is 0.341 e. The van der Waals surface area contributed by atoms with Crippen LogP contribution >= 0.6 is 22.9 Å². The van der Waals surface area contributed by atoms with Crippen molar-refractivity contribution in [3.05, 3.63) is 50.6 Å². The first-order valence-corrected chi connectivity index (χ1v) is 8.78. The van der Waals surface area contributed by atoms with Crippen molar-refractivity contribution in [2.75, 3.05) is 19.0 Å². The van der Waals surface area contributed by atoms with Crippen molar-refractivity contribution in [1.29, 1.82) is 0 Å². The van der Waals surface area contributed by atoms with Crippen molar-refractivity contribution in [1.82, 2.24) is 5.32 Å². The van der Waals surface area contributed by atoms with E-state index >= 15 is 0 Å². The second kappa shape index (κ2) is 8.29. The van der Waals surface area contributed by atoms with Crippen molar-refractivity contribution >= 4 is 45.7 Å². The maximum atomic E-state index is 13.9. The number of rotatable bonds is 5. The molecule has 2 rings (SSSR count). The quantitative estimate of drug-likeness (QED) is 0.753. The molecular weight excluding hydrogens is 383 g/mol. The molecule has 1 aromatic carbocycles. The molecule has 0 fully saturated rings. The van der Waals surface area contributed by atoms with Crippen LogP contribution in [-0.2, 0) is 4.74 Å². The van der Waals surface area contributed by atoms with Gasteiger partial charge in [0.05, 0.1) is 22.6 Å². The van der Waals surface area contributed by atoms with Crippen LogP contribution in [0.2, 0.25) is 5.02 Å². The Hall–Kier alpha value is -2.45. The number of esters is 1. The average Bonchev–Trinajstić information content (AvgIpc) is 2.92. The van der Waals surface area contributed by atoms with Crippen LogP contribution in [0.25, 0.3) is 0 Å². The van der Waals surface area contributed by atoms with Gasteiger partial charge in [0.2, 0.25) is 0 Å². The lowest BCUT2D eigenvalue weighted by atomic mass is 10.1. The van der Waals surface area contributed by atoms with Gasteiger partial charge in [-0.05, 0) is 37.6 Å². The van der Waals surface area contributed by atoms with E-state index < -0.39 is 23.6 Å². The van der Waals surface area contributed by atoms with Crippen molar-refractivity contribution in [2.24, 2.45) is 0 Å². The molecule has 0 aliphatic heterocycles. The Morgan fingerprint density at radius 3 is 2.58 bits per heavy atom. The Kier molecular flexibility index (Phi) is 6.33. The molecule has 0 unspecified atom stereocenters. The molecule has 0 aliphatic rings. The molecule has 0 bridgehead atoms. The zero-order valence-electron chi connectivity index (χ0n) is 14.2. The number of nitrogens with one attached hydrogen (secondary N) is 2. The van der Waals surface area contributed by atoms with E-state index in [0.717, 1.165) is 17.4 Å². The van der Waals surface area contributed by atoms with Gasteiger partial charge in [0, 0.05) is 12.1 Å². The summed E-state index contributed by atoms with van der Waals surface area (Å²) in [6.07, 6.45) is 0. The molecule has 138 valence electrons. The first-order valence-electron chi connectivity index (χ1n) is 7.59. The maximum absolute atomic E-state index is 13.9. The van der Waals surface area contributed by atoms with Gasteiger partial charge in [-0.2, -0.15) is 0 Å². The van der Waals surface area contributed by atoms with Gasteiger partial charge in [0.15, 0.2) is 0 Å². The molecule has 0 aliphatic carbocycles. The van der Waals surface area contributed by atoms with Crippen molar-refractivity contribution in [3.8, 4) is 0 Å². The Morgan fingerprint density at radius 1 is 1.27 bits per heavy atom. The normalized spacial score (nSPS) is 10.3. The molecule has 0 saturated carbocycles. The van der Waals surface area contributed by atoms with Gasteiger partial charge in [-0.1, -0.05) is 11.6 Å². The highest BCUT2D eigenvalue weighted by Gasteiger charge is 2.27.